The van der Waals surface area contributed by atoms with Gasteiger partial charge in [-0.05, 0) is 26.2 Å². The molecule has 0 unspecified atom stereocenters. The second kappa shape index (κ2) is 6.93. The fourth-order valence-electron chi connectivity index (χ4n) is 2.81. The minimum atomic E-state index is 0.259. The van der Waals surface area contributed by atoms with Crippen molar-refractivity contribution in [3.8, 4) is 0 Å². The summed E-state index contributed by atoms with van der Waals surface area (Å²) < 4.78 is 0. The summed E-state index contributed by atoms with van der Waals surface area (Å²) in [6.45, 7) is 5.02. The van der Waals surface area contributed by atoms with Gasteiger partial charge in [0.25, 0.3) is 0 Å². The number of nitrogens with two attached hydrogens (primary N) is 1. The van der Waals surface area contributed by atoms with Gasteiger partial charge in [0.2, 0.25) is 5.95 Å². The van der Waals surface area contributed by atoms with E-state index in [1.54, 1.807) is 6.92 Å². The van der Waals surface area contributed by atoms with Gasteiger partial charge < -0.3 is 20.3 Å². The zero-order chi connectivity index (χ0) is 16.2. The van der Waals surface area contributed by atoms with Gasteiger partial charge in [0.15, 0.2) is 0 Å². The molecule has 0 aliphatic carbocycles. The van der Waals surface area contributed by atoms with Crippen LogP contribution in [0.5, 0.6) is 0 Å². The molecule has 1 fully saturated rings. The van der Waals surface area contributed by atoms with Crippen molar-refractivity contribution >= 4 is 29.7 Å². The van der Waals surface area contributed by atoms with E-state index in [4.69, 9.17) is 10.7 Å². The van der Waals surface area contributed by atoms with Crippen LogP contribution in [0.3, 0.4) is 0 Å². The number of anilines is 3. The molecule has 7 nitrogen and oxygen atoms in total. The second-order valence-corrected chi connectivity index (χ2v) is 6.21. The van der Waals surface area contributed by atoms with Gasteiger partial charge in [-0.2, -0.15) is 9.97 Å². The molecule has 23 heavy (non-hydrogen) atoms. The molecule has 2 N–H and O–H groups in total. The summed E-state index contributed by atoms with van der Waals surface area (Å²) in [6, 6.07) is 0. The fraction of sp³-hybridized carbons (Fsp3) is 0.625. The predicted molar refractivity (Wildman–Crippen MR) is 92.0 cm³/mol. The molecule has 0 radical (unpaired) electrons. The molecule has 124 valence electrons. The molecule has 2 aliphatic heterocycles. The number of aromatic nitrogens is 2. The lowest BCUT2D eigenvalue weighted by Crippen LogP contribution is -2.39. The lowest BCUT2D eigenvalue weighted by Gasteiger charge is -2.33. The van der Waals surface area contributed by atoms with Crippen LogP contribution in [0, 0.1) is 0 Å². The zero-order valence-electron chi connectivity index (χ0n) is 13.7. The third-order valence-corrected chi connectivity index (χ3v) is 4.31. The first kappa shape index (κ1) is 15.7. The van der Waals surface area contributed by atoms with Gasteiger partial charge in [0.1, 0.15) is 17.4 Å². The van der Waals surface area contributed by atoms with Crippen molar-refractivity contribution in [3.63, 3.8) is 0 Å². The van der Waals surface area contributed by atoms with Crippen LogP contribution >= 0.6 is 0 Å². The molecule has 0 bridgehead atoms. The number of Topliss-reactive ketones (excluding diaryl/α,β-unsaturated/α-hetero) is 1. The first-order valence-corrected chi connectivity index (χ1v) is 8.32. The Morgan fingerprint density at radius 1 is 1.26 bits per heavy atom. The van der Waals surface area contributed by atoms with Gasteiger partial charge in [0.05, 0.1) is 18.4 Å². The van der Waals surface area contributed by atoms with Crippen LogP contribution in [0.2, 0.25) is 0 Å². The van der Waals surface area contributed by atoms with Crippen LogP contribution in [0.1, 0.15) is 44.6 Å². The Kier molecular flexibility index (Phi) is 4.73. The lowest BCUT2D eigenvalue weighted by molar-refractivity contribution is -0.117. The molecule has 1 saturated heterocycles. The number of rotatable bonds is 7. The Hall–Kier alpha value is -2.18. The number of aliphatic imine (C=N–C) groups is 1. The molecule has 3 rings (SSSR count). The predicted octanol–water partition coefficient (Wildman–Crippen LogP) is 1.77. The maximum absolute atomic E-state index is 11.0. The van der Waals surface area contributed by atoms with E-state index in [-0.39, 0.29) is 5.78 Å². The van der Waals surface area contributed by atoms with E-state index >= 15 is 0 Å². The van der Waals surface area contributed by atoms with Gasteiger partial charge in [-0.25, -0.2) is 0 Å². The molecular weight excluding hydrogens is 292 g/mol. The number of nitrogen functional groups attached to an aromatic ring is 1. The number of carbonyl (C=O) groups is 1. The summed E-state index contributed by atoms with van der Waals surface area (Å²) in [6.07, 6.45) is 6.67. The standard InChI is InChI=1S/C16H24N6O/c1-12(23)6-3-2-4-7-22-11-18-10-13-14(17)19-16(20-15(13)22)21-8-5-9-21/h11H,2-10H2,1H3,(H2,17,19,20). The van der Waals surface area contributed by atoms with Crippen molar-refractivity contribution < 1.29 is 4.79 Å². The highest BCUT2D eigenvalue weighted by atomic mass is 16.1. The topological polar surface area (TPSA) is 87.7 Å². The molecule has 2 aliphatic rings. The highest BCUT2D eigenvalue weighted by molar-refractivity contribution is 5.83. The summed E-state index contributed by atoms with van der Waals surface area (Å²) in [5.41, 5.74) is 7.03. The third-order valence-electron chi connectivity index (χ3n) is 4.31. The monoisotopic (exact) mass is 316 g/mol. The first-order valence-electron chi connectivity index (χ1n) is 8.32. The molecule has 0 aromatic carbocycles. The van der Waals surface area contributed by atoms with Gasteiger partial charge in [-0.1, -0.05) is 6.42 Å². The van der Waals surface area contributed by atoms with E-state index in [0.29, 0.717) is 18.8 Å². The number of fused-ring (bicyclic) bond motifs is 1. The number of hydrogen-bond donors (Lipinski definition) is 1. The lowest BCUT2D eigenvalue weighted by atomic mass is 10.1. The van der Waals surface area contributed by atoms with Crippen molar-refractivity contribution in [2.24, 2.45) is 4.99 Å². The van der Waals surface area contributed by atoms with Gasteiger partial charge >= 0.3 is 0 Å². The van der Waals surface area contributed by atoms with Crippen LogP contribution < -0.4 is 15.5 Å². The largest absolute Gasteiger partial charge is 0.383 e. The van der Waals surface area contributed by atoms with Crippen LogP contribution in [0.25, 0.3) is 0 Å². The molecule has 1 aromatic rings. The molecule has 0 amide bonds. The number of nitrogens with zero attached hydrogens (tertiary/aromatic N) is 5. The molecule has 1 aromatic heterocycles. The van der Waals surface area contributed by atoms with Crippen molar-refractivity contribution in [3.05, 3.63) is 5.56 Å². The minimum Gasteiger partial charge on any atom is -0.383 e. The summed E-state index contributed by atoms with van der Waals surface area (Å²) in [5, 5.41) is 0. The Balaban J connectivity index is 1.66. The van der Waals surface area contributed by atoms with E-state index in [0.717, 1.165) is 56.2 Å². The van der Waals surface area contributed by atoms with Crippen LogP contribution in [0.4, 0.5) is 17.6 Å². The van der Waals surface area contributed by atoms with E-state index in [9.17, 15) is 4.79 Å². The van der Waals surface area contributed by atoms with Gasteiger partial charge in [-0.15, -0.1) is 0 Å². The summed E-state index contributed by atoms with van der Waals surface area (Å²) in [5.74, 6) is 2.41. The summed E-state index contributed by atoms with van der Waals surface area (Å²) in [4.78, 5) is 28.7. The molecule has 0 atom stereocenters. The Labute approximate surface area is 136 Å². The third kappa shape index (κ3) is 3.60. The van der Waals surface area contributed by atoms with E-state index < -0.39 is 0 Å². The Bertz CT molecular complexity index is 611. The maximum Gasteiger partial charge on any atom is 0.229 e. The molecule has 0 saturated carbocycles. The van der Waals surface area contributed by atoms with Crippen molar-refractivity contribution in [1.29, 1.82) is 0 Å². The van der Waals surface area contributed by atoms with E-state index in [1.165, 1.54) is 6.42 Å². The van der Waals surface area contributed by atoms with Gasteiger partial charge in [0, 0.05) is 26.1 Å². The Morgan fingerprint density at radius 2 is 2.09 bits per heavy atom. The second-order valence-electron chi connectivity index (χ2n) is 6.21. The average Bonchev–Trinajstić information content (AvgIpc) is 2.45. The van der Waals surface area contributed by atoms with Crippen LogP contribution in [-0.4, -0.2) is 41.7 Å². The quantitative estimate of drug-likeness (QED) is 0.771. The SMILES string of the molecule is CC(=O)CCCCCN1C=NCc2c(N)nc(N3CCC3)nc21. The number of hydrogen-bond acceptors (Lipinski definition) is 7. The van der Waals surface area contributed by atoms with E-state index in [1.807, 2.05) is 6.34 Å². The fourth-order valence-corrected chi connectivity index (χ4v) is 2.81. The van der Waals surface area contributed by atoms with Crippen molar-refractivity contribution in [2.75, 3.05) is 35.2 Å². The highest BCUT2D eigenvalue weighted by Gasteiger charge is 2.24. The molecule has 7 heteroatoms. The molecule has 3 heterocycles. The summed E-state index contributed by atoms with van der Waals surface area (Å²) >= 11 is 0. The van der Waals surface area contributed by atoms with E-state index in [2.05, 4.69) is 19.8 Å². The number of unbranched alkanes of at least 4 members (excludes halogenated alkanes) is 2. The number of carbonyl (C=O) groups excluding carboxylic acids is 1. The van der Waals surface area contributed by atoms with Gasteiger partial charge in [-0.3, -0.25) is 4.99 Å². The normalized spacial score (nSPS) is 16.2. The first-order chi connectivity index (χ1) is 11.1. The summed E-state index contributed by atoms with van der Waals surface area (Å²) in [7, 11) is 0. The smallest absolute Gasteiger partial charge is 0.229 e. The van der Waals surface area contributed by atoms with Crippen LogP contribution in [-0.2, 0) is 11.3 Å². The van der Waals surface area contributed by atoms with Crippen LogP contribution in [0.15, 0.2) is 4.99 Å². The average molecular weight is 316 g/mol. The maximum atomic E-state index is 11.0. The zero-order valence-corrected chi connectivity index (χ0v) is 13.7. The minimum absolute atomic E-state index is 0.259. The number of ketones is 1. The molecular formula is C16H24N6O. The van der Waals surface area contributed by atoms with Crippen molar-refractivity contribution in [2.45, 2.75) is 45.6 Å². The van der Waals surface area contributed by atoms with Crippen molar-refractivity contribution in [1.82, 2.24) is 9.97 Å². The Morgan fingerprint density at radius 3 is 2.78 bits per heavy atom. The molecule has 0 spiro atoms. The highest BCUT2D eigenvalue weighted by Crippen LogP contribution is 2.29.